The molecule has 2 N–H and O–H groups in total. The SMILES string of the molecule is C=Cc1ncc(C)n1/C=C\N.CC.CC. The molecule has 0 atom stereocenters. The maximum atomic E-state index is 5.25. The zero-order chi connectivity index (χ0) is 12.3. The van der Waals surface area contributed by atoms with Crippen LogP contribution in [0, 0.1) is 6.92 Å². The number of imidazole rings is 1. The lowest BCUT2D eigenvalue weighted by Gasteiger charge is -1.97. The first-order valence-electron chi connectivity index (χ1n) is 5.34. The Bertz CT molecular complexity index is 285. The summed E-state index contributed by atoms with van der Waals surface area (Å²) in [5, 5.41) is 0. The average Bonchev–Trinajstić information content (AvgIpc) is 2.66. The summed E-state index contributed by atoms with van der Waals surface area (Å²) in [5.41, 5.74) is 6.29. The first kappa shape index (κ1) is 15.9. The van der Waals surface area contributed by atoms with Crippen molar-refractivity contribution in [1.29, 1.82) is 0 Å². The third-order valence-electron chi connectivity index (χ3n) is 1.43. The van der Waals surface area contributed by atoms with Crippen molar-refractivity contribution in [3.05, 3.63) is 30.5 Å². The maximum Gasteiger partial charge on any atom is 0.136 e. The van der Waals surface area contributed by atoms with E-state index in [1.54, 1.807) is 18.5 Å². The summed E-state index contributed by atoms with van der Waals surface area (Å²) >= 11 is 0. The van der Waals surface area contributed by atoms with Gasteiger partial charge in [-0.15, -0.1) is 0 Å². The van der Waals surface area contributed by atoms with Crippen molar-refractivity contribution in [2.24, 2.45) is 5.73 Å². The molecule has 1 rings (SSSR count). The lowest BCUT2D eigenvalue weighted by atomic mass is 10.5. The molecule has 86 valence electrons. The Morgan fingerprint density at radius 3 is 2.27 bits per heavy atom. The van der Waals surface area contributed by atoms with E-state index in [9.17, 15) is 0 Å². The van der Waals surface area contributed by atoms with Crippen LogP contribution in [0.4, 0.5) is 0 Å². The van der Waals surface area contributed by atoms with Gasteiger partial charge in [-0.3, -0.25) is 0 Å². The fraction of sp³-hybridized carbons (Fsp3) is 0.417. The number of hydrogen-bond acceptors (Lipinski definition) is 2. The van der Waals surface area contributed by atoms with Gasteiger partial charge in [0.25, 0.3) is 0 Å². The van der Waals surface area contributed by atoms with Gasteiger partial charge in [-0.2, -0.15) is 0 Å². The molecule has 3 heteroatoms. The molecule has 1 heterocycles. The molecule has 0 aromatic carbocycles. The molecule has 0 saturated heterocycles. The molecule has 0 unspecified atom stereocenters. The van der Waals surface area contributed by atoms with Crippen LogP contribution < -0.4 is 5.73 Å². The molecular formula is C12H23N3. The highest BCUT2D eigenvalue weighted by Crippen LogP contribution is 2.04. The lowest BCUT2D eigenvalue weighted by molar-refractivity contribution is 1.05. The van der Waals surface area contributed by atoms with Gasteiger partial charge >= 0.3 is 0 Å². The highest BCUT2D eigenvalue weighted by Gasteiger charge is 1.98. The molecule has 15 heavy (non-hydrogen) atoms. The van der Waals surface area contributed by atoms with E-state index in [2.05, 4.69) is 11.6 Å². The number of rotatable bonds is 2. The molecule has 0 spiro atoms. The van der Waals surface area contributed by atoms with Gasteiger partial charge in [-0.1, -0.05) is 34.3 Å². The van der Waals surface area contributed by atoms with Crippen LogP contribution in [0.5, 0.6) is 0 Å². The Hall–Kier alpha value is -1.51. The zero-order valence-electron chi connectivity index (χ0n) is 10.5. The number of hydrogen-bond donors (Lipinski definition) is 1. The van der Waals surface area contributed by atoms with E-state index >= 15 is 0 Å². The van der Waals surface area contributed by atoms with Gasteiger partial charge in [-0.05, 0) is 13.0 Å². The number of nitrogens with zero attached hydrogens (tertiary/aromatic N) is 2. The second-order valence-corrected chi connectivity index (χ2v) is 2.17. The Balaban J connectivity index is 0. The second-order valence-electron chi connectivity index (χ2n) is 2.17. The van der Waals surface area contributed by atoms with E-state index < -0.39 is 0 Å². The Labute approximate surface area is 93.3 Å². The van der Waals surface area contributed by atoms with Gasteiger partial charge in [0, 0.05) is 24.3 Å². The molecule has 0 aliphatic carbocycles. The van der Waals surface area contributed by atoms with Gasteiger partial charge < -0.3 is 10.3 Å². The van der Waals surface area contributed by atoms with E-state index in [0.717, 1.165) is 11.5 Å². The van der Waals surface area contributed by atoms with Crippen molar-refractivity contribution in [3.8, 4) is 0 Å². The first-order valence-corrected chi connectivity index (χ1v) is 5.34. The van der Waals surface area contributed by atoms with Crippen molar-refractivity contribution in [3.63, 3.8) is 0 Å². The van der Waals surface area contributed by atoms with E-state index in [4.69, 9.17) is 5.73 Å². The Morgan fingerprint density at radius 1 is 1.33 bits per heavy atom. The van der Waals surface area contributed by atoms with Crippen LogP contribution in [0.2, 0.25) is 0 Å². The average molecular weight is 209 g/mol. The second kappa shape index (κ2) is 10.6. The number of aryl methyl sites for hydroxylation is 1. The van der Waals surface area contributed by atoms with Gasteiger partial charge in [0.15, 0.2) is 0 Å². The number of nitrogens with two attached hydrogens (primary N) is 1. The Morgan fingerprint density at radius 2 is 1.87 bits per heavy atom. The van der Waals surface area contributed by atoms with Crippen LogP contribution in [0.1, 0.15) is 39.2 Å². The van der Waals surface area contributed by atoms with Crippen molar-refractivity contribution in [2.75, 3.05) is 0 Å². The minimum atomic E-state index is 0.809. The van der Waals surface area contributed by atoms with E-state index in [-0.39, 0.29) is 0 Å². The minimum Gasteiger partial charge on any atom is -0.403 e. The topological polar surface area (TPSA) is 43.8 Å². The van der Waals surface area contributed by atoms with Crippen molar-refractivity contribution in [1.82, 2.24) is 9.55 Å². The van der Waals surface area contributed by atoms with Crippen molar-refractivity contribution < 1.29 is 0 Å². The molecule has 3 nitrogen and oxygen atoms in total. The quantitative estimate of drug-likeness (QED) is 0.812. The third kappa shape index (κ3) is 5.05. The van der Waals surface area contributed by atoms with Crippen LogP contribution in [0.3, 0.4) is 0 Å². The standard InChI is InChI=1S/C8H11N3.2C2H6/c1-3-8-10-6-7(2)11(8)5-4-9;2*1-2/h3-6H,1,9H2,2H3;2*1-2H3/b5-4-;;. The zero-order valence-corrected chi connectivity index (χ0v) is 10.5. The summed E-state index contributed by atoms with van der Waals surface area (Å²) in [7, 11) is 0. The fourth-order valence-corrected chi connectivity index (χ4v) is 0.896. The molecular weight excluding hydrogens is 186 g/mol. The van der Waals surface area contributed by atoms with Crippen LogP contribution >= 0.6 is 0 Å². The van der Waals surface area contributed by atoms with Crippen LogP contribution in [-0.4, -0.2) is 9.55 Å². The van der Waals surface area contributed by atoms with Crippen LogP contribution in [-0.2, 0) is 0 Å². The normalized spacial score (nSPS) is 8.60. The van der Waals surface area contributed by atoms with Gasteiger partial charge in [0.2, 0.25) is 0 Å². The summed E-state index contributed by atoms with van der Waals surface area (Å²) in [6, 6.07) is 0. The molecule has 0 aliphatic rings. The van der Waals surface area contributed by atoms with Crippen LogP contribution in [0.25, 0.3) is 12.3 Å². The highest BCUT2D eigenvalue weighted by molar-refractivity contribution is 5.44. The minimum absolute atomic E-state index is 0.809. The monoisotopic (exact) mass is 209 g/mol. The molecule has 0 radical (unpaired) electrons. The maximum absolute atomic E-state index is 5.25. The lowest BCUT2D eigenvalue weighted by Crippen LogP contribution is -1.93. The highest BCUT2D eigenvalue weighted by atomic mass is 15.1. The molecule has 1 aromatic heterocycles. The van der Waals surface area contributed by atoms with E-state index in [0.29, 0.717) is 0 Å². The van der Waals surface area contributed by atoms with Crippen molar-refractivity contribution in [2.45, 2.75) is 34.6 Å². The predicted octanol–water partition coefficient (Wildman–Crippen LogP) is 3.27. The summed E-state index contributed by atoms with van der Waals surface area (Å²) < 4.78 is 1.87. The van der Waals surface area contributed by atoms with Gasteiger partial charge in [-0.25, -0.2) is 4.98 Å². The molecule has 0 aliphatic heterocycles. The summed E-state index contributed by atoms with van der Waals surface area (Å²) in [5.74, 6) is 0.809. The van der Waals surface area contributed by atoms with Gasteiger partial charge in [0.05, 0.1) is 0 Å². The predicted molar refractivity (Wildman–Crippen MR) is 69.3 cm³/mol. The molecule has 0 saturated carbocycles. The van der Waals surface area contributed by atoms with E-state index in [1.165, 1.54) is 6.20 Å². The molecule has 0 bridgehead atoms. The fourth-order valence-electron chi connectivity index (χ4n) is 0.896. The summed E-state index contributed by atoms with van der Waals surface area (Å²) in [6.45, 7) is 13.6. The summed E-state index contributed by atoms with van der Waals surface area (Å²) in [6.07, 6.45) is 6.69. The largest absolute Gasteiger partial charge is 0.403 e. The first-order chi connectivity index (χ1) is 7.29. The van der Waals surface area contributed by atoms with Gasteiger partial charge in [0.1, 0.15) is 5.82 Å². The Kier molecular flexibility index (Phi) is 11.2. The van der Waals surface area contributed by atoms with E-state index in [1.807, 2.05) is 39.2 Å². The summed E-state index contributed by atoms with van der Waals surface area (Å²) in [4.78, 5) is 4.09. The molecule has 0 fully saturated rings. The van der Waals surface area contributed by atoms with Crippen molar-refractivity contribution >= 4 is 12.3 Å². The molecule has 0 amide bonds. The van der Waals surface area contributed by atoms with Crippen LogP contribution in [0.15, 0.2) is 19.0 Å². The smallest absolute Gasteiger partial charge is 0.136 e. The third-order valence-corrected chi connectivity index (χ3v) is 1.43. The molecule has 1 aromatic rings. The number of aromatic nitrogens is 2.